The van der Waals surface area contributed by atoms with E-state index in [4.69, 9.17) is 16.7 Å². The number of carboxylic acids is 1. The summed E-state index contributed by atoms with van der Waals surface area (Å²) in [5.41, 5.74) is 0.473. The van der Waals surface area contributed by atoms with Crippen molar-refractivity contribution in [3.8, 4) is 0 Å². The second kappa shape index (κ2) is 5.76. The second-order valence-corrected chi connectivity index (χ2v) is 4.66. The van der Waals surface area contributed by atoms with E-state index in [1.807, 2.05) is 13.0 Å². The number of aromatic nitrogens is 1. The van der Waals surface area contributed by atoms with Crippen molar-refractivity contribution < 1.29 is 14.8 Å². The molecule has 1 heterocycles. The van der Waals surface area contributed by atoms with Crippen LogP contribution in [0, 0.1) is 17.0 Å². The van der Waals surface area contributed by atoms with Crippen LogP contribution in [-0.4, -0.2) is 21.0 Å². The van der Waals surface area contributed by atoms with E-state index in [0.717, 1.165) is 17.8 Å². The molecule has 0 amide bonds. The molecule has 1 aromatic heterocycles. The Morgan fingerprint density at radius 2 is 2.14 bits per heavy atom. The lowest BCUT2D eigenvalue weighted by Gasteiger charge is -2.09. The molecule has 2 rings (SSSR count). The highest BCUT2D eigenvalue weighted by atomic mass is 35.5. The number of halogens is 1. The number of nitrogens with one attached hydrogen (secondary N) is 1. The number of hydrogen-bond donors (Lipinski definition) is 2. The maximum Gasteiger partial charge on any atom is 0.342 e. The summed E-state index contributed by atoms with van der Waals surface area (Å²) < 4.78 is 0. The molecule has 21 heavy (non-hydrogen) atoms. The first-order chi connectivity index (χ1) is 9.88. The summed E-state index contributed by atoms with van der Waals surface area (Å²) in [6, 6.07) is 6.35. The Morgan fingerprint density at radius 3 is 2.76 bits per heavy atom. The number of rotatable bonds is 4. The van der Waals surface area contributed by atoms with Gasteiger partial charge in [-0.2, -0.15) is 0 Å². The van der Waals surface area contributed by atoms with E-state index < -0.39 is 22.1 Å². The van der Waals surface area contributed by atoms with Gasteiger partial charge in [-0.1, -0.05) is 17.7 Å². The van der Waals surface area contributed by atoms with Crippen molar-refractivity contribution in [1.29, 1.82) is 0 Å². The fraction of sp³-hybridized carbons (Fsp3) is 0.0769. The Hall–Kier alpha value is -2.67. The molecule has 2 aromatic rings. The van der Waals surface area contributed by atoms with Crippen LogP contribution in [0.5, 0.6) is 0 Å². The molecule has 108 valence electrons. The molecule has 0 aliphatic heterocycles. The summed E-state index contributed by atoms with van der Waals surface area (Å²) in [6.07, 6.45) is 0.898. The van der Waals surface area contributed by atoms with E-state index in [1.54, 1.807) is 12.1 Å². The number of aryl methyl sites for hydroxylation is 1. The van der Waals surface area contributed by atoms with Gasteiger partial charge in [-0.25, -0.2) is 9.78 Å². The van der Waals surface area contributed by atoms with E-state index >= 15 is 0 Å². The third-order valence-electron chi connectivity index (χ3n) is 2.69. The van der Waals surface area contributed by atoms with Gasteiger partial charge in [-0.15, -0.1) is 0 Å². The Morgan fingerprint density at radius 1 is 1.43 bits per heavy atom. The van der Waals surface area contributed by atoms with E-state index in [1.165, 1.54) is 0 Å². The normalized spacial score (nSPS) is 10.2. The molecular formula is C13H10ClN3O4. The van der Waals surface area contributed by atoms with Crippen LogP contribution >= 0.6 is 11.6 Å². The fourth-order valence-electron chi connectivity index (χ4n) is 1.71. The highest BCUT2D eigenvalue weighted by Gasteiger charge is 2.21. The summed E-state index contributed by atoms with van der Waals surface area (Å²) in [5, 5.41) is 23.0. The number of pyridine rings is 1. The molecule has 0 radical (unpaired) electrons. The van der Waals surface area contributed by atoms with Crippen LogP contribution in [0.1, 0.15) is 15.9 Å². The zero-order valence-corrected chi connectivity index (χ0v) is 11.6. The molecule has 8 heteroatoms. The Balaban J connectivity index is 2.41. The number of carboxylic acid groups (broad SMARTS) is 1. The monoisotopic (exact) mass is 307 g/mol. The first-order valence-electron chi connectivity index (χ1n) is 5.79. The van der Waals surface area contributed by atoms with Crippen molar-refractivity contribution in [2.24, 2.45) is 0 Å². The number of benzene rings is 1. The van der Waals surface area contributed by atoms with Gasteiger partial charge in [0.05, 0.1) is 15.6 Å². The molecule has 7 nitrogen and oxygen atoms in total. The fourth-order valence-corrected chi connectivity index (χ4v) is 1.87. The number of carbonyl (C=O) groups is 1. The summed E-state index contributed by atoms with van der Waals surface area (Å²) in [5.74, 6) is -1.24. The van der Waals surface area contributed by atoms with Crippen molar-refractivity contribution in [2.75, 3.05) is 5.32 Å². The van der Waals surface area contributed by atoms with Gasteiger partial charge < -0.3 is 10.4 Å². The van der Waals surface area contributed by atoms with Crippen molar-refractivity contribution in [2.45, 2.75) is 6.92 Å². The van der Waals surface area contributed by atoms with E-state index in [-0.39, 0.29) is 5.82 Å². The number of hydrogen-bond acceptors (Lipinski definition) is 5. The molecule has 0 saturated heterocycles. The van der Waals surface area contributed by atoms with Crippen LogP contribution in [0.3, 0.4) is 0 Å². The predicted molar refractivity (Wildman–Crippen MR) is 77.3 cm³/mol. The summed E-state index contributed by atoms with van der Waals surface area (Å²) in [4.78, 5) is 24.9. The summed E-state index contributed by atoms with van der Waals surface area (Å²) in [6.45, 7) is 1.87. The minimum atomic E-state index is -1.40. The zero-order chi connectivity index (χ0) is 15.6. The van der Waals surface area contributed by atoms with Gasteiger partial charge in [0.25, 0.3) is 0 Å². The first-order valence-corrected chi connectivity index (χ1v) is 6.17. The van der Waals surface area contributed by atoms with Gasteiger partial charge in [0.15, 0.2) is 0 Å². The highest BCUT2D eigenvalue weighted by Crippen LogP contribution is 2.27. The van der Waals surface area contributed by atoms with Gasteiger partial charge in [0.2, 0.25) is 0 Å². The molecule has 0 saturated carbocycles. The lowest BCUT2D eigenvalue weighted by atomic mass is 10.2. The van der Waals surface area contributed by atoms with E-state index in [2.05, 4.69) is 10.3 Å². The third kappa shape index (κ3) is 3.26. The Bertz CT molecular complexity index is 733. The van der Waals surface area contributed by atoms with Crippen LogP contribution in [0.2, 0.25) is 5.02 Å². The van der Waals surface area contributed by atoms with Crippen LogP contribution in [-0.2, 0) is 0 Å². The first kappa shape index (κ1) is 14.7. The minimum absolute atomic E-state index is 0.158. The molecule has 2 N–H and O–H groups in total. The largest absolute Gasteiger partial charge is 0.477 e. The molecular weight excluding hydrogens is 298 g/mol. The highest BCUT2D eigenvalue weighted by molar-refractivity contribution is 6.33. The number of anilines is 2. The van der Waals surface area contributed by atoms with E-state index in [9.17, 15) is 14.9 Å². The smallest absolute Gasteiger partial charge is 0.342 e. The molecule has 0 spiro atoms. The SMILES string of the molecule is Cc1ccc(Cl)c(Nc2cc(C(=O)O)c([N+](=O)[O-])cn2)c1. The average molecular weight is 308 g/mol. The van der Waals surface area contributed by atoms with Crippen LogP contribution in [0.25, 0.3) is 0 Å². The maximum absolute atomic E-state index is 11.1. The maximum atomic E-state index is 11.1. The van der Waals surface area contributed by atoms with Gasteiger partial charge >= 0.3 is 11.7 Å². The Kier molecular flexibility index (Phi) is 4.04. The second-order valence-electron chi connectivity index (χ2n) is 4.26. The molecule has 1 aromatic carbocycles. The summed E-state index contributed by atoms with van der Waals surface area (Å²) in [7, 11) is 0. The van der Waals surface area contributed by atoms with E-state index in [0.29, 0.717) is 10.7 Å². The predicted octanol–water partition coefficient (Wildman–Crippen LogP) is 3.39. The molecule has 0 atom stereocenters. The van der Waals surface area contributed by atoms with Gasteiger partial charge in [0, 0.05) is 6.07 Å². The standard InChI is InChI=1S/C13H10ClN3O4/c1-7-2-3-9(14)10(4-7)16-12-5-8(13(18)19)11(6-15-12)17(20)21/h2-6H,1H3,(H,15,16)(H,18,19). The lowest BCUT2D eigenvalue weighted by molar-refractivity contribution is -0.385. The number of aromatic carboxylic acids is 1. The summed E-state index contributed by atoms with van der Waals surface area (Å²) >= 11 is 6.02. The topological polar surface area (TPSA) is 105 Å². The molecule has 0 aliphatic carbocycles. The van der Waals surface area contributed by atoms with Crippen molar-refractivity contribution in [3.63, 3.8) is 0 Å². The van der Waals surface area contributed by atoms with Gasteiger partial charge in [-0.05, 0) is 24.6 Å². The minimum Gasteiger partial charge on any atom is -0.477 e. The number of nitro groups is 1. The van der Waals surface area contributed by atoms with Crippen LogP contribution < -0.4 is 5.32 Å². The number of nitrogens with zero attached hydrogens (tertiary/aromatic N) is 2. The van der Waals surface area contributed by atoms with Crippen molar-refractivity contribution >= 4 is 34.8 Å². The average Bonchev–Trinajstić information content (AvgIpc) is 2.42. The lowest BCUT2D eigenvalue weighted by Crippen LogP contribution is -2.05. The quantitative estimate of drug-likeness (QED) is 0.662. The van der Waals surface area contributed by atoms with Crippen LogP contribution in [0.15, 0.2) is 30.5 Å². The molecule has 0 fully saturated rings. The van der Waals surface area contributed by atoms with Gasteiger partial charge in [0.1, 0.15) is 17.6 Å². The molecule has 0 aliphatic rings. The van der Waals surface area contributed by atoms with Gasteiger partial charge in [-0.3, -0.25) is 10.1 Å². The Labute approximate surface area is 124 Å². The third-order valence-corrected chi connectivity index (χ3v) is 3.02. The zero-order valence-electron chi connectivity index (χ0n) is 10.8. The van der Waals surface area contributed by atoms with Crippen LogP contribution in [0.4, 0.5) is 17.2 Å². The molecule has 0 unspecified atom stereocenters. The van der Waals surface area contributed by atoms with Crippen molar-refractivity contribution in [1.82, 2.24) is 4.98 Å². The molecule has 0 bridgehead atoms. The van der Waals surface area contributed by atoms with Crippen molar-refractivity contribution in [3.05, 3.63) is 56.7 Å².